The molecule has 0 spiro atoms. The topological polar surface area (TPSA) is 81.1 Å². The third-order valence-corrected chi connectivity index (χ3v) is 7.49. The molecule has 1 atom stereocenters. The van der Waals surface area contributed by atoms with Crippen LogP contribution in [0.25, 0.3) is 28.1 Å². The van der Waals surface area contributed by atoms with E-state index in [1.165, 1.54) is 0 Å². The van der Waals surface area contributed by atoms with Gasteiger partial charge >= 0.3 is 0 Å². The first-order valence-electron chi connectivity index (χ1n) is 12.5. The summed E-state index contributed by atoms with van der Waals surface area (Å²) in [7, 11) is -1.35. The molecule has 9 heteroatoms. The lowest BCUT2D eigenvalue weighted by atomic mass is 10.0. The molecular weight excluding hydrogens is 489 g/mol. The van der Waals surface area contributed by atoms with Crippen molar-refractivity contribution in [2.45, 2.75) is 32.3 Å². The average molecular weight is 520 g/mol. The minimum absolute atomic E-state index is 0.206. The van der Waals surface area contributed by atoms with Gasteiger partial charge in [0.2, 0.25) is 0 Å². The van der Waals surface area contributed by atoms with E-state index < -0.39 is 16.8 Å². The molecule has 1 aliphatic rings. The van der Waals surface area contributed by atoms with Gasteiger partial charge in [0.25, 0.3) is 0 Å². The maximum absolute atomic E-state index is 15.7. The van der Waals surface area contributed by atoms with Crippen molar-refractivity contribution in [1.29, 1.82) is 0 Å². The fourth-order valence-corrected chi connectivity index (χ4v) is 5.26. The molecule has 0 saturated carbocycles. The molecule has 192 valence electrons. The Hall–Kier alpha value is -3.56. The number of benzene rings is 2. The Kier molecular flexibility index (Phi) is 7.91. The van der Waals surface area contributed by atoms with Crippen LogP contribution in [0.15, 0.2) is 73.2 Å². The Morgan fingerprint density at radius 3 is 2.57 bits per heavy atom. The number of hydrogen-bond acceptors (Lipinski definition) is 5. The number of hydrogen-bond donors (Lipinski definition) is 2. The van der Waals surface area contributed by atoms with Crippen LogP contribution in [0.4, 0.5) is 10.1 Å². The number of nitrogens with zero attached hydrogens (tertiary/aromatic N) is 3. The van der Waals surface area contributed by atoms with Crippen molar-refractivity contribution in [3.8, 4) is 33.8 Å². The summed E-state index contributed by atoms with van der Waals surface area (Å²) < 4.78 is 38.6. The Labute approximate surface area is 218 Å². The van der Waals surface area contributed by atoms with Crippen molar-refractivity contribution in [2.24, 2.45) is 0 Å². The molecule has 0 amide bonds. The van der Waals surface area contributed by atoms with Gasteiger partial charge in [0.1, 0.15) is 28.5 Å². The van der Waals surface area contributed by atoms with Crippen LogP contribution in [0.5, 0.6) is 5.75 Å². The first-order valence-corrected chi connectivity index (χ1v) is 13.9. The molecule has 2 aromatic heterocycles. The lowest BCUT2D eigenvalue weighted by Crippen LogP contribution is -2.34. The Bertz CT molecular complexity index is 1360. The standard InChI is InChI=1S/C28H30FN5O2S/c1-2-18-37(35)33-26-5-3-4-24(27(26)29)25-19-34(32-28(25)20-10-14-30-15-11-20)21-6-8-22(9-7-21)36-23-12-16-31-17-13-23/h3-11,14-15,19,23,31,33H,2,12-13,16-18H2,1H3. The Morgan fingerprint density at radius 2 is 1.84 bits per heavy atom. The van der Waals surface area contributed by atoms with Gasteiger partial charge in [-0.25, -0.2) is 13.3 Å². The van der Waals surface area contributed by atoms with Crippen LogP contribution in [0.2, 0.25) is 0 Å². The van der Waals surface area contributed by atoms with Crippen molar-refractivity contribution in [3.63, 3.8) is 0 Å². The zero-order valence-corrected chi connectivity index (χ0v) is 21.5. The number of halogens is 1. The van der Waals surface area contributed by atoms with Crippen LogP contribution in [0, 0.1) is 5.82 Å². The number of piperidine rings is 1. The molecule has 2 aromatic carbocycles. The molecule has 1 fully saturated rings. The van der Waals surface area contributed by atoms with E-state index in [9.17, 15) is 4.21 Å². The van der Waals surface area contributed by atoms with Gasteiger partial charge in [-0.05, 0) is 74.8 Å². The van der Waals surface area contributed by atoms with Crippen molar-refractivity contribution in [2.75, 3.05) is 23.6 Å². The second-order valence-electron chi connectivity index (χ2n) is 8.95. The zero-order chi connectivity index (χ0) is 25.6. The molecule has 4 aromatic rings. The van der Waals surface area contributed by atoms with Crippen LogP contribution in [-0.2, 0) is 11.0 Å². The first kappa shape index (κ1) is 25.1. The lowest BCUT2D eigenvalue weighted by molar-refractivity contribution is 0.162. The van der Waals surface area contributed by atoms with Crippen molar-refractivity contribution < 1.29 is 13.3 Å². The SMILES string of the molecule is CCCS(=O)Nc1cccc(-c2cn(-c3ccc(OC4CCNCC4)cc3)nc2-c2ccncc2)c1F. The van der Waals surface area contributed by atoms with Gasteiger partial charge < -0.3 is 14.8 Å². The van der Waals surface area contributed by atoms with Crippen LogP contribution in [0.3, 0.4) is 0 Å². The van der Waals surface area contributed by atoms with Gasteiger partial charge in [-0.3, -0.25) is 4.98 Å². The van der Waals surface area contributed by atoms with Crippen molar-refractivity contribution in [3.05, 3.63) is 79.0 Å². The first-order chi connectivity index (χ1) is 18.1. The fraction of sp³-hybridized carbons (Fsp3) is 0.286. The van der Waals surface area contributed by atoms with E-state index in [1.807, 2.05) is 49.5 Å². The summed E-state index contributed by atoms with van der Waals surface area (Å²) in [6, 6.07) is 16.6. The molecule has 0 radical (unpaired) electrons. The third-order valence-electron chi connectivity index (χ3n) is 6.26. The third kappa shape index (κ3) is 5.89. The van der Waals surface area contributed by atoms with Crippen LogP contribution in [0.1, 0.15) is 26.2 Å². The van der Waals surface area contributed by atoms with Crippen LogP contribution in [-0.4, -0.2) is 43.9 Å². The predicted octanol–water partition coefficient (Wildman–Crippen LogP) is 5.36. The molecule has 1 aliphatic heterocycles. The number of aromatic nitrogens is 3. The summed E-state index contributed by atoms with van der Waals surface area (Å²) in [5.74, 6) is 0.802. The van der Waals surface area contributed by atoms with E-state index >= 15 is 4.39 Å². The van der Waals surface area contributed by atoms with E-state index in [1.54, 1.807) is 35.3 Å². The average Bonchev–Trinajstić information content (AvgIpc) is 3.37. The molecule has 5 rings (SSSR count). The number of rotatable bonds is 9. The molecular formula is C28H30FN5O2S. The summed E-state index contributed by atoms with van der Waals surface area (Å²) in [5, 5.41) is 8.17. The predicted molar refractivity (Wildman–Crippen MR) is 146 cm³/mol. The van der Waals surface area contributed by atoms with E-state index in [2.05, 4.69) is 15.0 Å². The second kappa shape index (κ2) is 11.7. The zero-order valence-electron chi connectivity index (χ0n) is 20.7. The molecule has 7 nitrogen and oxygen atoms in total. The largest absolute Gasteiger partial charge is 0.490 e. The Morgan fingerprint density at radius 1 is 1.08 bits per heavy atom. The van der Waals surface area contributed by atoms with Crippen LogP contribution >= 0.6 is 0 Å². The molecule has 1 saturated heterocycles. The van der Waals surface area contributed by atoms with E-state index in [0.29, 0.717) is 22.6 Å². The van der Waals surface area contributed by atoms with Crippen LogP contribution < -0.4 is 14.8 Å². The molecule has 3 heterocycles. The Balaban J connectivity index is 1.49. The maximum Gasteiger partial charge on any atom is 0.155 e. The van der Waals surface area contributed by atoms with Gasteiger partial charge in [-0.1, -0.05) is 19.1 Å². The van der Waals surface area contributed by atoms with E-state index in [-0.39, 0.29) is 11.8 Å². The van der Waals surface area contributed by atoms with E-state index in [0.717, 1.165) is 49.4 Å². The van der Waals surface area contributed by atoms with Crippen molar-refractivity contribution in [1.82, 2.24) is 20.1 Å². The second-order valence-corrected chi connectivity index (χ2v) is 10.3. The lowest BCUT2D eigenvalue weighted by Gasteiger charge is -2.23. The summed E-state index contributed by atoms with van der Waals surface area (Å²) in [6.07, 6.45) is 8.14. The summed E-state index contributed by atoms with van der Waals surface area (Å²) in [4.78, 5) is 4.11. The molecule has 0 aliphatic carbocycles. The van der Waals surface area contributed by atoms with E-state index in [4.69, 9.17) is 9.84 Å². The highest BCUT2D eigenvalue weighted by Gasteiger charge is 2.20. The highest BCUT2D eigenvalue weighted by atomic mass is 32.2. The monoisotopic (exact) mass is 519 g/mol. The number of anilines is 1. The highest BCUT2D eigenvalue weighted by molar-refractivity contribution is 7.86. The van der Waals surface area contributed by atoms with Gasteiger partial charge in [0, 0.05) is 41.0 Å². The van der Waals surface area contributed by atoms with Crippen molar-refractivity contribution >= 4 is 16.7 Å². The smallest absolute Gasteiger partial charge is 0.155 e. The minimum atomic E-state index is -1.35. The minimum Gasteiger partial charge on any atom is -0.490 e. The molecule has 37 heavy (non-hydrogen) atoms. The van der Waals surface area contributed by atoms with Gasteiger partial charge in [-0.2, -0.15) is 5.10 Å². The quantitative estimate of drug-likeness (QED) is 0.311. The number of ether oxygens (including phenoxy) is 1. The molecule has 2 N–H and O–H groups in total. The van der Waals surface area contributed by atoms with Gasteiger partial charge in [0.15, 0.2) is 5.82 Å². The van der Waals surface area contributed by atoms with Gasteiger partial charge in [0.05, 0.1) is 11.4 Å². The summed E-state index contributed by atoms with van der Waals surface area (Å²) in [5.41, 5.74) is 3.49. The molecule has 1 unspecified atom stereocenters. The molecule has 0 bridgehead atoms. The fourth-order valence-electron chi connectivity index (χ4n) is 4.39. The maximum atomic E-state index is 15.7. The number of pyridine rings is 1. The highest BCUT2D eigenvalue weighted by Crippen LogP contribution is 2.36. The normalized spacial score (nSPS) is 14.9. The van der Waals surface area contributed by atoms with Gasteiger partial charge in [-0.15, -0.1) is 0 Å². The summed E-state index contributed by atoms with van der Waals surface area (Å²) >= 11 is 0. The summed E-state index contributed by atoms with van der Waals surface area (Å²) in [6.45, 7) is 3.88. The number of nitrogens with one attached hydrogen (secondary N) is 2.